The number of rotatable bonds is 5. The molecule has 0 spiro atoms. The maximum atomic E-state index is 12.1. The van der Waals surface area contributed by atoms with Crippen molar-refractivity contribution in [3.8, 4) is 5.75 Å². The van der Waals surface area contributed by atoms with Crippen molar-refractivity contribution in [2.45, 2.75) is 26.0 Å². The largest absolute Gasteiger partial charge is 0.487 e. The molecule has 0 radical (unpaired) electrons. The predicted octanol–water partition coefficient (Wildman–Crippen LogP) is 1.95. The third kappa shape index (κ3) is 4.33. The summed E-state index contributed by atoms with van der Waals surface area (Å²) >= 11 is 1.57. The van der Waals surface area contributed by atoms with Crippen molar-refractivity contribution in [1.29, 1.82) is 0 Å². The lowest BCUT2D eigenvalue weighted by molar-refractivity contribution is 0.0941. The average molecular weight is 366 g/mol. The molecule has 0 aliphatic carbocycles. The zero-order chi connectivity index (χ0) is 17.2. The lowest BCUT2D eigenvalue weighted by Crippen LogP contribution is -2.35. The first-order valence-electron chi connectivity index (χ1n) is 7.56. The van der Waals surface area contributed by atoms with Crippen molar-refractivity contribution in [2.24, 2.45) is 0 Å². The first-order chi connectivity index (χ1) is 11.4. The topological polar surface area (TPSA) is 85.4 Å². The quantitative estimate of drug-likeness (QED) is 0.874. The minimum atomic E-state index is -3.00. The summed E-state index contributed by atoms with van der Waals surface area (Å²) in [4.78, 5) is 16.5. The number of aryl methyl sites for hydroxylation is 1. The number of amides is 1. The maximum absolute atomic E-state index is 12.1. The summed E-state index contributed by atoms with van der Waals surface area (Å²) in [6.45, 7) is 2.33. The molecule has 1 aromatic carbocycles. The number of benzene rings is 1. The van der Waals surface area contributed by atoms with Gasteiger partial charge in [0.2, 0.25) is 0 Å². The fraction of sp³-hybridized carbons (Fsp3) is 0.375. The molecule has 1 fully saturated rings. The normalized spacial score (nSPS) is 19.1. The van der Waals surface area contributed by atoms with E-state index in [0.29, 0.717) is 24.3 Å². The minimum absolute atomic E-state index is 0.0208. The highest BCUT2D eigenvalue weighted by atomic mass is 32.2. The number of nitrogens with one attached hydrogen (secondary N) is 1. The second-order valence-electron chi connectivity index (χ2n) is 5.74. The fourth-order valence-corrected chi connectivity index (χ4v) is 4.78. The van der Waals surface area contributed by atoms with E-state index < -0.39 is 9.84 Å². The molecule has 1 aromatic heterocycles. The van der Waals surface area contributed by atoms with E-state index >= 15 is 0 Å². The van der Waals surface area contributed by atoms with Crippen LogP contribution in [0.4, 0.5) is 0 Å². The van der Waals surface area contributed by atoms with Crippen molar-refractivity contribution in [3.63, 3.8) is 0 Å². The maximum Gasteiger partial charge on any atom is 0.251 e. The Balaban J connectivity index is 1.54. The molecule has 1 aliphatic heterocycles. The molecule has 128 valence electrons. The van der Waals surface area contributed by atoms with E-state index in [4.69, 9.17) is 4.74 Å². The number of carbonyl (C=O) groups excluding carboxylic acids is 1. The van der Waals surface area contributed by atoms with Crippen LogP contribution in [0.3, 0.4) is 0 Å². The van der Waals surface area contributed by atoms with Crippen LogP contribution in [0.5, 0.6) is 5.75 Å². The molecule has 2 heterocycles. The molecule has 1 saturated heterocycles. The van der Waals surface area contributed by atoms with Gasteiger partial charge in [0.15, 0.2) is 9.84 Å². The summed E-state index contributed by atoms with van der Waals surface area (Å²) in [6, 6.07) is 6.48. The number of aromatic nitrogens is 1. The number of sulfone groups is 1. The van der Waals surface area contributed by atoms with Crippen molar-refractivity contribution < 1.29 is 17.9 Å². The van der Waals surface area contributed by atoms with E-state index in [0.717, 1.165) is 10.7 Å². The number of thiazole rings is 1. The summed E-state index contributed by atoms with van der Waals surface area (Å²) in [5, 5.41) is 5.71. The van der Waals surface area contributed by atoms with Crippen molar-refractivity contribution in [2.75, 3.05) is 11.5 Å². The Labute approximate surface area is 144 Å². The van der Waals surface area contributed by atoms with Crippen LogP contribution in [0.1, 0.15) is 27.5 Å². The lowest BCUT2D eigenvalue weighted by atomic mass is 10.2. The molecule has 24 heavy (non-hydrogen) atoms. The molecule has 0 bridgehead atoms. The highest BCUT2D eigenvalue weighted by Crippen LogP contribution is 2.17. The van der Waals surface area contributed by atoms with Gasteiger partial charge in [-0.2, -0.15) is 0 Å². The third-order valence-corrected chi connectivity index (χ3v) is 6.33. The summed E-state index contributed by atoms with van der Waals surface area (Å²) < 4.78 is 28.5. The zero-order valence-electron chi connectivity index (χ0n) is 13.2. The number of hydrogen-bond acceptors (Lipinski definition) is 6. The van der Waals surface area contributed by atoms with Gasteiger partial charge in [0, 0.05) is 17.0 Å². The second-order valence-corrected chi connectivity index (χ2v) is 9.04. The number of ether oxygens (including phenoxy) is 1. The van der Waals surface area contributed by atoms with Gasteiger partial charge in [-0.1, -0.05) is 0 Å². The van der Waals surface area contributed by atoms with Gasteiger partial charge in [-0.3, -0.25) is 4.79 Å². The molecular weight excluding hydrogens is 348 g/mol. The van der Waals surface area contributed by atoms with Crippen LogP contribution in [0.15, 0.2) is 29.6 Å². The standard InChI is InChI=1S/C16H18N2O4S2/c1-11-17-14(9-23-11)8-22-15-4-2-12(3-5-15)16(19)18-13-6-7-24(20,21)10-13/h2-5,9,13H,6-8,10H2,1H3,(H,18,19)/t13-/m0/s1. The number of carbonyl (C=O) groups is 1. The summed E-state index contributed by atoms with van der Waals surface area (Å²) in [5.41, 5.74) is 1.36. The highest BCUT2D eigenvalue weighted by Gasteiger charge is 2.29. The fourth-order valence-electron chi connectivity index (χ4n) is 2.51. The highest BCUT2D eigenvalue weighted by molar-refractivity contribution is 7.91. The summed E-state index contributed by atoms with van der Waals surface area (Å²) in [7, 11) is -3.00. The van der Waals surface area contributed by atoms with Crippen LogP contribution in [0.25, 0.3) is 0 Å². The van der Waals surface area contributed by atoms with Gasteiger partial charge in [0.25, 0.3) is 5.91 Å². The van der Waals surface area contributed by atoms with Crippen molar-refractivity contribution >= 4 is 27.1 Å². The van der Waals surface area contributed by atoms with Crippen LogP contribution in [-0.2, 0) is 16.4 Å². The van der Waals surface area contributed by atoms with Crippen LogP contribution >= 0.6 is 11.3 Å². The van der Waals surface area contributed by atoms with Gasteiger partial charge in [0.05, 0.1) is 22.2 Å². The van der Waals surface area contributed by atoms with Crippen LogP contribution in [0.2, 0.25) is 0 Å². The van der Waals surface area contributed by atoms with E-state index in [2.05, 4.69) is 10.3 Å². The predicted molar refractivity (Wildman–Crippen MR) is 92.2 cm³/mol. The Morgan fingerprint density at radius 1 is 1.38 bits per heavy atom. The second kappa shape index (κ2) is 6.90. The van der Waals surface area contributed by atoms with Crippen LogP contribution < -0.4 is 10.1 Å². The monoisotopic (exact) mass is 366 g/mol. The van der Waals surface area contributed by atoms with E-state index in [9.17, 15) is 13.2 Å². The summed E-state index contributed by atoms with van der Waals surface area (Å²) in [6.07, 6.45) is 0.475. The third-order valence-electron chi connectivity index (χ3n) is 3.74. The number of hydrogen-bond donors (Lipinski definition) is 1. The van der Waals surface area contributed by atoms with Crippen LogP contribution in [-0.4, -0.2) is 36.9 Å². The van der Waals surface area contributed by atoms with E-state index in [1.807, 2.05) is 12.3 Å². The molecule has 3 rings (SSSR count). The van der Waals surface area contributed by atoms with Gasteiger partial charge < -0.3 is 10.1 Å². The zero-order valence-corrected chi connectivity index (χ0v) is 14.8. The van der Waals surface area contributed by atoms with Gasteiger partial charge >= 0.3 is 0 Å². The molecule has 1 aliphatic rings. The molecule has 1 amide bonds. The van der Waals surface area contributed by atoms with Crippen molar-refractivity contribution in [1.82, 2.24) is 10.3 Å². The molecule has 6 nitrogen and oxygen atoms in total. The lowest BCUT2D eigenvalue weighted by Gasteiger charge is -2.11. The number of nitrogens with zero attached hydrogens (tertiary/aromatic N) is 1. The van der Waals surface area contributed by atoms with Gasteiger partial charge in [-0.05, 0) is 37.6 Å². The van der Waals surface area contributed by atoms with Crippen LogP contribution in [0, 0.1) is 6.92 Å². The Kier molecular flexibility index (Phi) is 4.86. The Bertz CT molecular complexity index is 828. The van der Waals surface area contributed by atoms with E-state index in [1.54, 1.807) is 35.6 Å². The average Bonchev–Trinajstić information content (AvgIpc) is 3.11. The minimum Gasteiger partial charge on any atom is -0.487 e. The molecule has 2 aromatic rings. The Morgan fingerprint density at radius 3 is 2.71 bits per heavy atom. The van der Waals surface area contributed by atoms with E-state index in [-0.39, 0.29) is 23.5 Å². The van der Waals surface area contributed by atoms with E-state index in [1.165, 1.54) is 0 Å². The van der Waals surface area contributed by atoms with Crippen molar-refractivity contribution in [3.05, 3.63) is 45.9 Å². The van der Waals surface area contributed by atoms with Gasteiger partial charge in [-0.25, -0.2) is 13.4 Å². The van der Waals surface area contributed by atoms with Gasteiger partial charge in [-0.15, -0.1) is 11.3 Å². The molecule has 0 unspecified atom stereocenters. The smallest absolute Gasteiger partial charge is 0.251 e. The van der Waals surface area contributed by atoms with Gasteiger partial charge in [0.1, 0.15) is 12.4 Å². The molecule has 1 N–H and O–H groups in total. The first kappa shape index (κ1) is 16.9. The summed E-state index contributed by atoms with van der Waals surface area (Å²) in [5.74, 6) is 0.549. The molecule has 0 saturated carbocycles. The molecular formula is C16H18N2O4S2. The Hall–Kier alpha value is -1.93. The Morgan fingerprint density at radius 2 is 2.12 bits per heavy atom. The first-order valence-corrected chi connectivity index (χ1v) is 10.3. The SMILES string of the molecule is Cc1nc(COc2ccc(C(=O)N[C@H]3CCS(=O)(=O)C3)cc2)cs1. The molecule has 1 atom stereocenters. The molecule has 8 heteroatoms.